The molecule has 1 rings (SSSR count). The number of nitrogens with zero attached hydrogens (tertiary/aromatic N) is 2. The quantitative estimate of drug-likeness (QED) is 0.758. The molecule has 4 nitrogen and oxygen atoms in total. The smallest absolute Gasteiger partial charge is 0.116 e. The Morgan fingerprint density at radius 3 is 2.75 bits per heavy atom. The lowest BCUT2D eigenvalue weighted by Gasteiger charge is -2.30. The molecule has 1 fully saturated rings. The Balaban J connectivity index is 2.48. The van der Waals surface area contributed by atoms with Gasteiger partial charge in [0, 0.05) is 32.8 Å². The molecule has 92 valence electrons. The topological polar surface area (TPSA) is 48.3 Å². The van der Waals surface area contributed by atoms with Crippen LogP contribution in [0.2, 0.25) is 0 Å². The van der Waals surface area contributed by atoms with Gasteiger partial charge in [-0.15, -0.1) is 0 Å². The fourth-order valence-electron chi connectivity index (χ4n) is 2.33. The normalized spacial score (nSPS) is 25.6. The molecule has 2 atom stereocenters. The van der Waals surface area contributed by atoms with E-state index in [1.54, 1.807) is 7.11 Å². The summed E-state index contributed by atoms with van der Waals surface area (Å²) >= 11 is 0. The molecule has 0 bridgehead atoms. The van der Waals surface area contributed by atoms with E-state index >= 15 is 0 Å². The molecule has 2 unspecified atom stereocenters. The van der Waals surface area contributed by atoms with Gasteiger partial charge in [-0.2, -0.15) is 5.26 Å². The molecule has 16 heavy (non-hydrogen) atoms. The molecule has 0 radical (unpaired) electrons. The van der Waals surface area contributed by atoms with Crippen molar-refractivity contribution < 1.29 is 4.74 Å². The second-order valence-electron chi connectivity index (χ2n) is 5.12. The van der Waals surface area contributed by atoms with Crippen molar-refractivity contribution >= 4 is 0 Å². The van der Waals surface area contributed by atoms with Gasteiger partial charge in [0.05, 0.1) is 12.2 Å². The van der Waals surface area contributed by atoms with Gasteiger partial charge >= 0.3 is 0 Å². The van der Waals surface area contributed by atoms with Crippen molar-refractivity contribution in [3.05, 3.63) is 0 Å². The van der Waals surface area contributed by atoms with Crippen LogP contribution in [0.4, 0.5) is 0 Å². The molecule has 0 aromatic carbocycles. The van der Waals surface area contributed by atoms with Crippen molar-refractivity contribution in [3.63, 3.8) is 0 Å². The number of hydrogen-bond acceptors (Lipinski definition) is 4. The lowest BCUT2D eigenvalue weighted by molar-refractivity contribution is 0.105. The monoisotopic (exact) mass is 225 g/mol. The Labute approximate surface area is 98.6 Å². The fraction of sp³-hybridized carbons (Fsp3) is 0.917. The molecule has 0 aliphatic carbocycles. The molecular weight excluding hydrogens is 202 g/mol. The summed E-state index contributed by atoms with van der Waals surface area (Å²) < 4.78 is 5.33. The zero-order valence-corrected chi connectivity index (χ0v) is 10.8. The van der Waals surface area contributed by atoms with Crippen molar-refractivity contribution in [1.29, 1.82) is 5.26 Å². The van der Waals surface area contributed by atoms with E-state index in [4.69, 9.17) is 4.74 Å². The van der Waals surface area contributed by atoms with Crippen LogP contribution in [0.15, 0.2) is 0 Å². The number of methoxy groups -OCH3 is 1. The molecular formula is C12H23N3O. The zero-order valence-electron chi connectivity index (χ0n) is 10.8. The van der Waals surface area contributed by atoms with Gasteiger partial charge in [-0.3, -0.25) is 10.2 Å². The van der Waals surface area contributed by atoms with E-state index in [1.165, 1.54) is 0 Å². The van der Waals surface area contributed by atoms with Gasteiger partial charge in [-0.1, -0.05) is 0 Å². The Morgan fingerprint density at radius 1 is 1.62 bits per heavy atom. The molecule has 4 heteroatoms. The molecule has 1 heterocycles. The number of likely N-dealkylation sites (tertiary alicyclic amines) is 1. The van der Waals surface area contributed by atoms with Crippen molar-refractivity contribution in [3.8, 4) is 6.07 Å². The first kappa shape index (κ1) is 13.4. The number of nitrogens with one attached hydrogen (secondary N) is 1. The van der Waals surface area contributed by atoms with Crippen LogP contribution in [0, 0.1) is 11.3 Å². The summed E-state index contributed by atoms with van der Waals surface area (Å²) in [6.07, 6.45) is 1.40. The molecule has 1 N–H and O–H groups in total. The first-order chi connectivity index (χ1) is 7.49. The number of hydrogen-bond donors (Lipinski definition) is 1. The summed E-state index contributed by atoms with van der Waals surface area (Å²) in [7, 11) is 1.75. The third kappa shape index (κ3) is 3.75. The van der Waals surface area contributed by atoms with E-state index < -0.39 is 5.54 Å². The van der Waals surface area contributed by atoms with E-state index in [0.29, 0.717) is 12.1 Å². The number of rotatable bonds is 5. The van der Waals surface area contributed by atoms with Crippen LogP contribution in [-0.2, 0) is 4.74 Å². The molecule has 1 aliphatic heterocycles. The second-order valence-corrected chi connectivity index (χ2v) is 5.12. The average molecular weight is 225 g/mol. The number of ether oxygens (including phenoxy) is 1. The third-order valence-electron chi connectivity index (χ3n) is 2.96. The summed E-state index contributed by atoms with van der Waals surface area (Å²) in [5, 5.41) is 12.6. The molecule has 1 saturated heterocycles. The predicted molar refractivity (Wildman–Crippen MR) is 64.1 cm³/mol. The van der Waals surface area contributed by atoms with Crippen LogP contribution in [0.25, 0.3) is 0 Å². The highest BCUT2D eigenvalue weighted by atomic mass is 16.5. The lowest BCUT2D eigenvalue weighted by Crippen LogP contribution is -2.52. The minimum absolute atomic E-state index is 0.325. The van der Waals surface area contributed by atoms with Crippen molar-refractivity contribution in [1.82, 2.24) is 10.2 Å². The third-order valence-corrected chi connectivity index (χ3v) is 2.96. The van der Waals surface area contributed by atoms with E-state index in [0.717, 1.165) is 26.1 Å². The zero-order chi connectivity index (χ0) is 12.2. The maximum absolute atomic E-state index is 9.25. The molecule has 0 saturated carbocycles. The van der Waals surface area contributed by atoms with E-state index in [2.05, 4.69) is 30.1 Å². The standard InChI is InChI=1S/C12H23N3O/c1-10(2)14-12(3,8-13)9-15-6-5-11(7-15)16-4/h10-11,14H,5-7,9H2,1-4H3. The predicted octanol–water partition coefficient (Wildman–Crippen LogP) is 0.987. The van der Waals surface area contributed by atoms with Gasteiger partial charge < -0.3 is 4.74 Å². The average Bonchev–Trinajstić information content (AvgIpc) is 2.64. The highest BCUT2D eigenvalue weighted by Crippen LogP contribution is 2.15. The maximum Gasteiger partial charge on any atom is 0.116 e. The van der Waals surface area contributed by atoms with Crippen molar-refractivity contribution in [2.75, 3.05) is 26.7 Å². The second kappa shape index (κ2) is 5.62. The molecule has 0 amide bonds. The number of nitriles is 1. The molecule has 0 aromatic heterocycles. The highest BCUT2D eigenvalue weighted by Gasteiger charge is 2.31. The van der Waals surface area contributed by atoms with Gasteiger partial charge in [0.25, 0.3) is 0 Å². The van der Waals surface area contributed by atoms with E-state index in [1.807, 2.05) is 6.92 Å². The minimum Gasteiger partial charge on any atom is -0.380 e. The van der Waals surface area contributed by atoms with Crippen molar-refractivity contribution in [2.45, 2.75) is 44.9 Å². The molecule has 1 aliphatic rings. The van der Waals surface area contributed by atoms with Gasteiger partial charge in [0.15, 0.2) is 0 Å². The maximum atomic E-state index is 9.25. The Bertz CT molecular complexity index is 261. The lowest BCUT2D eigenvalue weighted by atomic mass is 10.0. The van der Waals surface area contributed by atoms with Crippen LogP contribution in [0.3, 0.4) is 0 Å². The van der Waals surface area contributed by atoms with Crippen LogP contribution in [0.1, 0.15) is 27.2 Å². The van der Waals surface area contributed by atoms with Crippen LogP contribution >= 0.6 is 0 Å². The Hall–Kier alpha value is -0.630. The molecule has 0 aromatic rings. The Morgan fingerprint density at radius 2 is 2.31 bits per heavy atom. The largest absolute Gasteiger partial charge is 0.380 e. The Kier molecular flexibility index (Phi) is 4.72. The van der Waals surface area contributed by atoms with Gasteiger partial charge in [-0.25, -0.2) is 0 Å². The van der Waals surface area contributed by atoms with Crippen LogP contribution < -0.4 is 5.32 Å². The van der Waals surface area contributed by atoms with Crippen molar-refractivity contribution in [2.24, 2.45) is 0 Å². The summed E-state index contributed by atoms with van der Waals surface area (Å²) in [4.78, 5) is 2.30. The SMILES string of the molecule is COC1CCN(CC(C)(C#N)NC(C)C)C1. The summed E-state index contributed by atoms with van der Waals surface area (Å²) in [5.74, 6) is 0. The first-order valence-corrected chi connectivity index (χ1v) is 5.93. The van der Waals surface area contributed by atoms with Crippen LogP contribution in [0.5, 0.6) is 0 Å². The van der Waals surface area contributed by atoms with Gasteiger partial charge in [-0.05, 0) is 27.2 Å². The highest BCUT2D eigenvalue weighted by molar-refractivity contribution is 5.07. The molecule has 0 spiro atoms. The minimum atomic E-state index is -0.462. The van der Waals surface area contributed by atoms with E-state index in [-0.39, 0.29) is 0 Å². The first-order valence-electron chi connectivity index (χ1n) is 5.93. The van der Waals surface area contributed by atoms with Gasteiger partial charge in [0.1, 0.15) is 5.54 Å². The van der Waals surface area contributed by atoms with E-state index in [9.17, 15) is 5.26 Å². The summed E-state index contributed by atoms with van der Waals surface area (Å²) in [6, 6.07) is 2.70. The fourth-order valence-corrected chi connectivity index (χ4v) is 2.33. The van der Waals surface area contributed by atoms with Gasteiger partial charge in [0.2, 0.25) is 0 Å². The van der Waals surface area contributed by atoms with Crippen LogP contribution in [-0.4, -0.2) is 49.3 Å². The summed E-state index contributed by atoms with van der Waals surface area (Å²) in [6.45, 7) is 8.83. The summed E-state index contributed by atoms with van der Waals surface area (Å²) in [5.41, 5.74) is -0.462.